The molecule has 0 amide bonds. The second-order valence-electron chi connectivity index (χ2n) is 20.6. The summed E-state index contributed by atoms with van der Waals surface area (Å²) < 4.78 is 34.0. The Kier molecular flexibility index (Phi) is 48.4. The van der Waals surface area contributed by atoms with Gasteiger partial charge in [0.2, 0.25) is 0 Å². The summed E-state index contributed by atoms with van der Waals surface area (Å²) in [6, 6.07) is 0. The van der Waals surface area contributed by atoms with Crippen LogP contribution in [-0.2, 0) is 32.7 Å². The Balaban J connectivity index is 3.92. The summed E-state index contributed by atoms with van der Waals surface area (Å²) in [6.07, 6.45) is 58.3. The number of hydrogen-bond donors (Lipinski definition) is 0. The van der Waals surface area contributed by atoms with E-state index in [1.165, 1.54) is 186 Å². The third kappa shape index (κ3) is 53.7. The van der Waals surface area contributed by atoms with Crippen molar-refractivity contribution < 1.29 is 42.1 Å². The van der Waals surface area contributed by atoms with Gasteiger partial charge in [-0.15, -0.1) is 0 Å². The van der Waals surface area contributed by atoms with Crippen molar-refractivity contribution in [3.8, 4) is 0 Å². The van der Waals surface area contributed by atoms with Crippen molar-refractivity contribution in [2.24, 2.45) is 0 Å². The van der Waals surface area contributed by atoms with Gasteiger partial charge in [-0.3, -0.25) is 14.2 Å². The number of quaternary nitrogens is 1. The quantitative estimate of drug-likeness (QED) is 0.0195. The Hall–Kier alpha value is -1.51. The number of nitrogens with zero attached hydrogens (tertiary/aromatic N) is 1. The van der Waals surface area contributed by atoms with E-state index in [1.807, 2.05) is 21.1 Å². The first-order valence-corrected chi connectivity index (χ1v) is 30.0. The molecule has 0 saturated heterocycles. The summed E-state index contributed by atoms with van der Waals surface area (Å²) >= 11 is 0. The monoisotopic (exact) mass is 968 g/mol. The van der Waals surface area contributed by atoms with Gasteiger partial charge in [0.05, 0.1) is 27.7 Å². The average Bonchev–Trinajstić information content (AvgIpc) is 3.29. The predicted octanol–water partition coefficient (Wildman–Crippen LogP) is 16.8. The summed E-state index contributed by atoms with van der Waals surface area (Å²) in [5, 5.41) is 0. The van der Waals surface area contributed by atoms with Crippen LogP contribution in [0.2, 0.25) is 0 Å². The lowest BCUT2D eigenvalue weighted by Crippen LogP contribution is -2.37. The van der Waals surface area contributed by atoms with Gasteiger partial charge in [0.25, 0.3) is 7.82 Å². The molecule has 2 unspecified atom stereocenters. The Bertz CT molecular complexity index is 1190. The minimum atomic E-state index is -4.63. The fraction of sp³-hybridized carbons (Fsp3) is 0.895. The normalized spacial score (nSPS) is 13.5. The van der Waals surface area contributed by atoms with E-state index in [0.29, 0.717) is 17.4 Å². The molecule has 0 spiro atoms. The fourth-order valence-electron chi connectivity index (χ4n) is 8.24. The third-order valence-electron chi connectivity index (χ3n) is 12.7. The highest BCUT2D eigenvalue weighted by molar-refractivity contribution is 7.45. The zero-order valence-corrected chi connectivity index (χ0v) is 45.8. The summed E-state index contributed by atoms with van der Waals surface area (Å²) in [5.74, 6) is -0.835. The second-order valence-corrected chi connectivity index (χ2v) is 22.1. The van der Waals surface area contributed by atoms with Crippen LogP contribution < -0.4 is 4.89 Å². The van der Waals surface area contributed by atoms with E-state index in [1.54, 1.807) is 0 Å². The van der Waals surface area contributed by atoms with E-state index in [0.717, 1.165) is 57.8 Å². The van der Waals surface area contributed by atoms with E-state index >= 15 is 0 Å². The Morgan fingerprint density at radius 1 is 0.448 bits per heavy atom. The van der Waals surface area contributed by atoms with Gasteiger partial charge in [0, 0.05) is 12.8 Å². The van der Waals surface area contributed by atoms with Crippen LogP contribution in [0, 0.1) is 0 Å². The lowest BCUT2D eigenvalue weighted by molar-refractivity contribution is -0.870. The SMILES string of the molecule is CCC/C=C\CCCCCCCC(=O)OCC(COP(=O)([O-])OCC[N+](C)(C)C)OC(=O)CCCCCCCCCCCCCCCCCCCCCCC/C=C\CCCCCCCCCC. The van der Waals surface area contributed by atoms with Crippen LogP contribution in [0.4, 0.5) is 0 Å². The molecule has 0 fully saturated rings. The first-order valence-electron chi connectivity index (χ1n) is 28.5. The van der Waals surface area contributed by atoms with Crippen LogP contribution in [0.1, 0.15) is 277 Å². The lowest BCUT2D eigenvalue weighted by atomic mass is 10.0. The van der Waals surface area contributed by atoms with Gasteiger partial charge in [0.1, 0.15) is 19.8 Å². The number of phosphoric acid groups is 1. The number of carbonyl (C=O) groups is 2. The minimum absolute atomic E-state index is 0.0297. The third-order valence-corrected chi connectivity index (χ3v) is 13.6. The molecule has 0 aromatic carbocycles. The van der Waals surface area contributed by atoms with Crippen LogP contribution in [0.3, 0.4) is 0 Å². The van der Waals surface area contributed by atoms with E-state index in [4.69, 9.17) is 18.5 Å². The van der Waals surface area contributed by atoms with Crippen LogP contribution in [-0.4, -0.2) is 70.0 Å². The Morgan fingerprint density at radius 3 is 1.16 bits per heavy atom. The molecule has 0 aliphatic rings. The molecule has 9 nitrogen and oxygen atoms in total. The lowest BCUT2D eigenvalue weighted by Gasteiger charge is -2.28. The van der Waals surface area contributed by atoms with Crippen LogP contribution in [0.25, 0.3) is 0 Å². The molecule has 0 rings (SSSR count). The second kappa shape index (κ2) is 49.5. The number of unbranched alkanes of at least 4 members (excludes halogenated alkanes) is 35. The molecule has 2 atom stereocenters. The van der Waals surface area contributed by atoms with E-state index in [-0.39, 0.29) is 26.1 Å². The highest BCUT2D eigenvalue weighted by Crippen LogP contribution is 2.38. The Labute approximate surface area is 415 Å². The first kappa shape index (κ1) is 65.5. The maximum atomic E-state index is 12.7. The standard InChI is InChI=1S/C57H110NO8P/c1-6-8-10-12-14-16-18-19-20-21-22-23-24-25-26-27-28-29-30-31-32-33-34-35-36-37-38-39-40-42-44-46-48-50-57(60)66-55(54-65-67(61,62)64-52-51-58(3,4)5)53-63-56(59)49-47-45-43-41-17-15-13-11-9-7-2/h11,13,21-22,55H,6-10,12,14-20,23-54H2,1-5H3/b13-11-,22-21-. The van der Waals surface area contributed by atoms with Gasteiger partial charge >= 0.3 is 11.9 Å². The van der Waals surface area contributed by atoms with Gasteiger partial charge in [-0.1, -0.05) is 231 Å². The van der Waals surface area contributed by atoms with Crippen molar-refractivity contribution in [2.45, 2.75) is 283 Å². The number of allylic oxidation sites excluding steroid dienone is 4. The number of phosphoric ester groups is 1. The molecule has 0 aromatic heterocycles. The number of ether oxygens (including phenoxy) is 2. The first-order chi connectivity index (χ1) is 32.5. The smallest absolute Gasteiger partial charge is 0.306 e. The average molecular weight is 968 g/mol. The molecule has 0 radical (unpaired) electrons. The molecule has 396 valence electrons. The number of carbonyl (C=O) groups excluding carboxylic acids is 2. The molecule has 0 heterocycles. The number of hydrogen-bond acceptors (Lipinski definition) is 8. The number of rotatable bonds is 53. The van der Waals surface area contributed by atoms with E-state index in [2.05, 4.69) is 38.2 Å². The summed E-state index contributed by atoms with van der Waals surface area (Å²) in [4.78, 5) is 37.6. The van der Waals surface area contributed by atoms with Crippen LogP contribution >= 0.6 is 7.82 Å². The van der Waals surface area contributed by atoms with E-state index < -0.39 is 32.5 Å². The maximum Gasteiger partial charge on any atom is 0.306 e. The van der Waals surface area contributed by atoms with Crippen LogP contribution in [0.15, 0.2) is 24.3 Å². The zero-order chi connectivity index (χ0) is 49.2. The molecule has 0 aromatic rings. The Morgan fingerprint density at radius 2 is 0.791 bits per heavy atom. The summed E-state index contributed by atoms with van der Waals surface area (Å²) in [5.41, 5.74) is 0. The molecular weight excluding hydrogens is 858 g/mol. The van der Waals surface area contributed by atoms with Crippen molar-refractivity contribution in [1.29, 1.82) is 0 Å². The van der Waals surface area contributed by atoms with Crippen molar-refractivity contribution >= 4 is 19.8 Å². The molecule has 67 heavy (non-hydrogen) atoms. The predicted molar refractivity (Wildman–Crippen MR) is 282 cm³/mol. The molecular formula is C57H110NO8P. The van der Waals surface area contributed by atoms with Crippen LogP contribution in [0.5, 0.6) is 0 Å². The molecule has 0 bridgehead atoms. The summed E-state index contributed by atoms with van der Waals surface area (Å²) in [6.45, 7) is 4.19. The maximum absolute atomic E-state index is 12.7. The molecule has 0 N–H and O–H groups in total. The van der Waals surface area contributed by atoms with Gasteiger partial charge < -0.3 is 27.9 Å². The van der Waals surface area contributed by atoms with Gasteiger partial charge in [0.15, 0.2) is 6.10 Å². The topological polar surface area (TPSA) is 111 Å². The fourth-order valence-corrected chi connectivity index (χ4v) is 8.97. The largest absolute Gasteiger partial charge is 0.756 e. The highest BCUT2D eigenvalue weighted by atomic mass is 31.2. The molecule has 0 aliphatic carbocycles. The molecule has 10 heteroatoms. The minimum Gasteiger partial charge on any atom is -0.756 e. The van der Waals surface area contributed by atoms with Gasteiger partial charge in [-0.25, -0.2) is 0 Å². The number of likely N-dealkylation sites (N-methyl/N-ethyl adjacent to an activating group) is 1. The van der Waals surface area contributed by atoms with Crippen molar-refractivity contribution in [3.63, 3.8) is 0 Å². The van der Waals surface area contributed by atoms with Crippen molar-refractivity contribution in [3.05, 3.63) is 24.3 Å². The molecule has 0 aliphatic heterocycles. The molecule has 0 saturated carbocycles. The summed E-state index contributed by atoms with van der Waals surface area (Å²) in [7, 11) is 1.17. The van der Waals surface area contributed by atoms with E-state index in [9.17, 15) is 19.0 Å². The zero-order valence-electron chi connectivity index (χ0n) is 44.9. The highest BCUT2D eigenvalue weighted by Gasteiger charge is 2.22. The van der Waals surface area contributed by atoms with Crippen molar-refractivity contribution in [2.75, 3.05) is 47.5 Å². The van der Waals surface area contributed by atoms with Gasteiger partial charge in [-0.05, 0) is 57.8 Å². The number of esters is 2. The van der Waals surface area contributed by atoms with Crippen molar-refractivity contribution in [1.82, 2.24) is 0 Å². The van der Waals surface area contributed by atoms with Gasteiger partial charge in [-0.2, -0.15) is 0 Å².